The molecule has 0 unspecified atom stereocenters. The molecule has 2 aromatic carbocycles. The topological polar surface area (TPSA) is 80.8 Å². The van der Waals surface area contributed by atoms with Crippen LogP contribution in [0.15, 0.2) is 48.7 Å². The van der Waals surface area contributed by atoms with E-state index < -0.39 is 17.2 Å². The molecule has 4 aromatic rings. The standard InChI is InChI=1S/C24H18F2N4O2/c25-16-6-3-7-17(26)19(16)22-27-12-18-21(30-22)29-20(28-18)13-8-10-24(11-9-13)15-5-2-1-4-14(15)23(31)32-24/h1-7,12-13H,8-11H2,(H,27,28,29,30). The summed E-state index contributed by atoms with van der Waals surface area (Å²) in [6.45, 7) is 0. The maximum Gasteiger partial charge on any atom is 0.339 e. The number of benzene rings is 2. The van der Waals surface area contributed by atoms with E-state index in [0.29, 0.717) is 29.6 Å². The minimum Gasteiger partial charge on any atom is -0.451 e. The molecular weight excluding hydrogens is 414 g/mol. The molecule has 3 heterocycles. The first-order valence-corrected chi connectivity index (χ1v) is 10.5. The van der Waals surface area contributed by atoms with E-state index in [9.17, 15) is 13.6 Å². The van der Waals surface area contributed by atoms with Crippen molar-refractivity contribution in [1.29, 1.82) is 0 Å². The van der Waals surface area contributed by atoms with Crippen LogP contribution in [0.2, 0.25) is 0 Å². The zero-order valence-electron chi connectivity index (χ0n) is 16.9. The number of fused-ring (bicyclic) bond motifs is 3. The van der Waals surface area contributed by atoms with Gasteiger partial charge in [0.1, 0.15) is 28.6 Å². The molecule has 1 aliphatic carbocycles. The SMILES string of the molecule is O=C1OC2(CCC(c3nc4cnc(-c5c(F)cccc5F)nc4[nH]3)CC2)c2ccccc21. The zero-order valence-corrected chi connectivity index (χ0v) is 16.9. The van der Waals surface area contributed by atoms with Crippen LogP contribution in [0.4, 0.5) is 8.78 Å². The third-order valence-corrected chi connectivity index (χ3v) is 6.55. The molecule has 0 radical (unpaired) electrons. The smallest absolute Gasteiger partial charge is 0.339 e. The van der Waals surface area contributed by atoms with Gasteiger partial charge in [0.25, 0.3) is 0 Å². The van der Waals surface area contributed by atoms with Gasteiger partial charge >= 0.3 is 5.97 Å². The third kappa shape index (κ3) is 2.82. The van der Waals surface area contributed by atoms with E-state index in [1.165, 1.54) is 24.4 Å². The average Bonchev–Trinajstić information content (AvgIpc) is 3.34. The van der Waals surface area contributed by atoms with Crippen molar-refractivity contribution < 1.29 is 18.3 Å². The molecule has 32 heavy (non-hydrogen) atoms. The van der Waals surface area contributed by atoms with Crippen LogP contribution in [0.3, 0.4) is 0 Å². The van der Waals surface area contributed by atoms with Crippen LogP contribution in [0.25, 0.3) is 22.6 Å². The van der Waals surface area contributed by atoms with Crippen LogP contribution >= 0.6 is 0 Å². The molecule has 8 heteroatoms. The number of aromatic amines is 1. The normalized spacial score (nSPS) is 22.3. The van der Waals surface area contributed by atoms with Crippen LogP contribution in [-0.2, 0) is 10.3 Å². The molecule has 1 saturated carbocycles. The van der Waals surface area contributed by atoms with Gasteiger partial charge in [0, 0.05) is 11.5 Å². The number of nitrogens with one attached hydrogen (secondary N) is 1. The van der Waals surface area contributed by atoms with Crippen molar-refractivity contribution >= 4 is 17.1 Å². The van der Waals surface area contributed by atoms with Crippen molar-refractivity contribution in [2.75, 3.05) is 0 Å². The molecule has 1 N–H and O–H groups in total. The lowest BCUT2D eigenvalue weighted by molar-refractivity contribution is -0.0312. The van der Waals surface area contributed by atoms with E-state index in [1.54, 1.807) is 0 Å². The summed E-state index contributed by atoms with van der Waals surface area (Å²) in [5.74, 6) is -0.824. The fourth-order valence-electron chi connectivity index (χ4n) is 4.93. The molecule has 160 valence electrons. The van der Waals surface area contributed by atoms with Crippen molar-refractivity contribution in [2.24, 2.45) is 0 Å². The van der Waals surface area contributed by atoms with Crippen LogP contribution in [-0.4, -0.2) is 25.9 Å². The van der Waals surface area contributed by atoms with Gasteiger partial charge in [-0.3, -0.25) is 0 Å². The fraction of sp³-hybridized carbons (Fsp3) is 0.250. The Morgan fingerprint density at radius 3 is 2.53 bits per heavy atom. The van der Waals surface area contributed by atoms with Gasteiger partial charge in [0.2, 0.25) is 0 Å². The maximum atomic E-state index is 14.1. The van der Waals surface area contributed by atoms with Gasteiger partial charge in [-0.1, -0.05) is 24.3 Å². The predicted molar refractivity (Wildman–Crippen MR) is 112 cm³/mol. The van der Waals surface area contributed by atoms with Crippen LogP contribution in [0.1, 0.15) is 53.3 Å². The number of aromatic nitrogens is 4. The van der Waals surface area contributed by atoms with E-state index in [0.717, 1.165) is 24.2 Å². The lowest BCUT2D eigenvalue weighted by Crippen LogP contribution is -2.31. The number of carbonyl (C=O) groups excluding carboxylic acids is 1. The molecule has 0 atom stereocenters. The first-order valence-electron chi connectivity index (χ1n) is 10.5. The van der Waals surface area contributed by atoms with E-state index in [2.05, 4.69) is 19.9 Å². The van der Waals surface area contributed by atoms with E-state index >= 15 is 0 Å². The first-order chi connectivity index (χ1) is 15.5. The van der Waals surface area contributed by atoms with Crippen LogP contribution in [0.5, 0.6) is 0 Å². The minimum atomic E-state index is -0.715. The number of imidazole rings is 1. The highest BCUT2D eigenvalue weighted by atomic mass is 19.1. The molecule has 6 nitrogen and oxygen atoms in total. The maximum absolute atomic E-state index is 14.1. The van der Waals surface area contributed by atoms with Gasteiger partial charge in [0.05, 0.1) is 17.3 Å². The molecule has 2 aromatic heterocycles. The van der Waals surface area contributed by atoms with Gasteiger partial charge < -0.3 is 9.72 Å². The average molecular weight is 432 g/mol. The van der Waals surface area contributed by atoms with E-state index in [1.807, 2.05) is 24.3 Å². The molecule has 2 aliphatic rings. The summed E-state index contributed by atoms with van der Waals surface area (Å²) < 4.78 is 34.1. The van der Waals surface area contributed by atoms with E-state index in [4.69, 9.17) is 4.74 Å². The van der Waals surface area contributed by atoms with Gasteiger partial charge in [-0.05, 0) is 43.9 Å². The second-order valence-corrected chi connectivity index (χ2v) is 8.35. The molecule has 0 bridgehead atoms. The predicted octanol–water partition coefficient (Wildman–Crippen LogP) is 5.02. The third-order valence-electron chi connectivity index (χ3n) is 6.55. The lowest BCUT2D eigenvalue weighted by atomic mass is 9.75. The fourth-order valence-corrected chi connectivity index (χ4v) is 4.93. The molecule has 1 fully saturated rings. The number of halogens is 2. The number of nitrogens with zero attached hydrogens (tertiary/aromatic N) is 3. The highest BCUT2D eigenvalue weighted by Gasteiger charge is 2.47. The summed E-state index contributed by atoms with van der Waals surface area (Å²) in [7, 11) is 0. The highest BCUT2D eigenvalue weighted by Crippen LogP contribution is 2.49. The molecule has 0 saturated heterocycles. The van der Waals surface area contributed by atoms with Crippen molar-refractivity contribution in [3.8, 4) is 11.4 Å². The Hall–Kier alpha value is -3.68. The Kier molecular flexibility index (Phi) is 4.11. The van der Waals surface area contributed by atoms with Gasteiger partial charge in [0.15, 0.2) is 11.5 Å². The largest absolute Gasteiger partial charge is 0.451 e. The number of hydrogen-bond donors (Lipinski definition) is 1. The second-order valence-electron chi connectivity index (χ2n) is 8.35. The van der Waals surface area contributed by atoms with Gasteiger partial charge in [-0.2, -0.15) is 0 Å². The Morgan fingerprint density at radius 1 is 1.00 bits per heavy atom. The van der Waals surface area contributed by atoms with Crippen molar-refractivity contribution in [2.45, 2.75) is 37.2 Å². The zero-order chi connectivity index (χ0) is 21.9. The molecule has 1 spiro atoms. The summed E-state index contributed by atoms with van der Waals surface area (Å²) >= 11 is 0. The van der Waals surface area contributed by atoms with Crippen molar-refractivity contribution in [1.82, 2.24) is 19.9 Å². The van der Waals surface area contributed by atoms with E-state index in [-0.39, 0.29) is 23.3 Å². The van der Waals surface area contributed by atoms with Crippen molar-refractivity contribution in [3.05, 3.63) is 77.2 Å². The summed E-state index contributed by atoms with van der Waals surface area (Å²) in [6.07, 6.45) is 4.44. The Morgan fingerprint density at radius 2 is 1.75 bits per heavy atom. The number of ether oxygens (including phenoxy) is 1. The van der Waals surface area contributed by atoms with Crippen LogP contribution in [0, 0.1) is 11.6 Å². The number of hydrogen-bond acceptors (Lipinski definition) is 5. The number of carbonyl (C=O) groups is 1. The Labute approximate surface area is 181 Å². The first kappa shape index (κ1) is 19.0. The monoisotopic (exact) mass is 432 g/mol. The van der Waals surface area contributed by atoms with Gasteiger partial charge in [-0.15, -0.1) is 0 Å². The quantitative estimate of drug-likeness (QED) is 0.450. The molecule has 0 amide bonds. The Bertz CT molecular complexity index is 1360. The number of esters is 1. The molecule has 1 aliphatic heterocycles. The summed E-state index contributed by atoms with van der Waals surface area (Å²) in [4.78, 5) is 28.5. The molecular formula is C24H18F2N4O2. The Balaban J connectivity index is 1.28. The highest BCUT2D eigenvalue weighted by molar-refractivity contribution is 5.94. The lowest BCUT2D eigenvalue weighted by Gasteiger charge is -2.35. The summed E-state index contributed by atoms with van der Waals surface area (Å²) in [6, 6.07) is 11.2. The molecule has 6 rings (SSSR count). The summed E-state index contributed by atoms with van der Waals surface area (Å²) in [5.41, 5.74) is 1.77. The van der Waals surface area contributed by atoms with Crippen LogP contribution < -0.4 is 0 Å². The number of H-pyrrole nitrogens is 1. The minimum absolute atomic E-state index is 0.0274. The van der Waals surface area contributed by atoms with Gasteiger partial charge in [-0.25, -0.2) is 28.5 Å². The van der Waals surface area contributed by atoms with Crippen molar-refractivity contribution in [3.63, 3.8) is 0 Å². The summed E-state index contributed by atoms with van der Waals surface area (Å²) in [5, 5.41) is 0. The second kappa shape index (κ2) is 6.91. The number of rotatable bonds is 2.